The van der Waals surface area contributed by atoms with Gasteiger partial charge >= 0.3 is 0 Å². The van der Waals surface area contributed by atoms with Crippen LogP contribution in [0.3, 0.4) is 0 Å². The fourth-order valence-corrected chi connectivity index (χ4v) is 5.33. The summed E-state index contributed by atoms with van der Waals surface area (Å²) in [6.07, 6.45) is 8.45. The normalized spacial score (nSPS) is 38.1. The van der Waals surface area contributed by atoms with Gasteiger partial charge in [0.05, 0.1) is 12.3 Å². The van der Waals surface area contributed by atoms with Gasteiger partial charge in [0, 0.05) is 11.5 Å². The molecule has 0 heterocycles. The first-order valence-electron chi connectivity index (χ1n) is 7.83. The van der Waals surface area contributed by atoms with E-state index in [4.69, 9.17) is 10.5 Å². The Kier molecular flexibility index (Phi) is 2.66. The highest BCUT2D eigenvalue weighted by molar-refractivity contribution is 5.55. The molecule has 5 rings (SSSR count). The van der Waals surface area contributed by atoms with Gasteiger partial charge in [-0.15, -0.1) is 0 Å². The molecule has 4 aliphatic rings. The zero-order chi connectivity index (χ0) is 13.7. The molecule has 4 fully saturated rings. The number of nitrogen functional groups attached to an aromatic ring is 1. The largest absolute Gasteiger partial charge is 0.506 e. The standard InChI is InChI=1S/C17H23NO2/c18-15-6-14(1-2-16(15)19)20-10-17-7-11-3-12(8-17)5-13(4-11)9-17/h1-2,6,11-13,19H,3-5,7-10,18H2. The Morgan fingerprint density at radius 2 is 1.70 bits per heavy atom. The van der Waals surface area contributed by atoms with Crippen LogP contribution in [0, 0.1) is 23.2 Å². The molecule has 1 aromatic rings. The van der Waals surface area contributed by atoms with Crippen molar-refractivity contribution < 1.29 is 9.84 Å². The van der Waals surface area contributed by atoms with Gasteiger partial charge in [-0.3, -0.25) is 0 Å². The van der Waals surface area contributed by atoms with Crippen molar-refractivity contribution in [3.8, 4) is 11.5 Å². The minimum Gasteiger partial charge on any atom is -0.506 e. The fraction of sp³-hybridized carbons (Fsp3) is 0.647. The molecule has 108 valence electrons. The second kappa shape index (κ2) is 4.31. The van der Waals surface area contributed by atoms with E-state index >= 15 is 0 Å². The molecule has 3 heteroatoms. The van der Waals surface area contributed by atoms with Crippen LogP contribution in [-0.2, 0) is 0 Å². The minimum absolute atomic E-state index is 0.132. The predicted molar refractivity (Wildman–Crippen MR) is 78.6 cm³/mol. The summed E-state index contributed by atoms with van der Waals surface area (Å²) in [7, 11) is 0. The second-order valence-corrected chi connectivity index (χ2v) is 7.43. The maximum atomic E-state index is 9.46. The van der Waals surface area contributed by atoms with Crippen LogP contribution in [0.15, 0.2) is 18.2 Å². The van der Waals surface area contributed by atoms with Gasteiger partial charge in [-0.05, 0) is 68.4 Å². The first-order valence-corrected chi connectivity index (χ1v) is 7.83. The summed E-state index contributed by atoms with van der Waals surface area (Å²) in [4.78, 5) is 0. The molecule has 20 heavy (non-hydrogen) atoms. The van der Waals surface area contributed by atoms with E-state index < -0.39 is 0 Å². The summed E-state index contributed by atoms with van der Waals surface area (Å²) in [5, 5.41) is 9.46. The summed E-state index contributed by atoms with van der Waals surface area (Å²) in [6.45, 7) is 0.820. The fourth-order valence-electron chi connectivity index (χ4n) is 5.33. The van der Waals surface area contributed by atoms with E-state index in [-0.39, 0.29) is 5.75 Å². The quantitative estimate of drug-likeness (QED) is 0.654. The molecule has 3 N–H and O–H groups in total. The Bertz CT molecular complexity index is 490. The zero-order valence-electron chi connectivity index (χ0n) is 11.8. The Labute approximate surface area is 120 Å². The molecule has 3 nitrogen and oxygen atoms in total. The third kappa shape index (κ3) is 2.04. The number of nitrogens with two attached hydrogens (primary N) is 1. The number of ether oxygens (including phenoxy) is 1. The van der Waals surface area contributed by atoms with E-state index in [0.29, 0.717) is 11.1 Å². The van der Waals surface area contributed by atoms with Crippen molar-refractivity contribution in [3.63, 3.8) is 0 Å². The van der Waals surface area contributed by atoms with E-state index in [0.717, 1.165) is 30.1 Å². The van der Waals surface area contributed by atoms with Crippen LogP contribution < -0.4 is 10.5 Å². The molecule has 0 radical (unpaired) electrons. The zero-order valence-corrected chi connectivity index (χ0v) is 11.8. The molecule has 0 atom stereocenters. The molecule has 0 unspecified atom stereocenters. The molecule has 0 saturated heterocycles. The van der Waals surface area contributed by atoms with Crippen molar-refractivity contribution >= 4 is 5.69 Å². The van der Waals surface area contributed by atoms with Gasteiger partial charge in [0.1, 0.15) is 11.5 Å². The van der Waals surface area contributed by atoms with Crippen LogP contribution in [0.1, 0.15) is 38.5 Å². The number of rotatable bonds is 3. The molecular formula is C17H23NO2. The van der Waals surface area contributed by atoms with Gasteiger partial charge in [-0.25, -0.2) is 0 Å². The number of hydrogen-bond acceptors (Lipinski definition) is 3. The molecule has 1 aromatic carbocycles. The van der Waals surface area contributed by atoms with Crippen molar-refractivity contribution in [2.24, 2.45) is 23.2 Å². The molecular weight excluding hydrogens is 250 g/mol. The van der Waals surface area contributed by atoms with E-state index in [9.17, 15) is 5.11 Å². The molecule has 4 bridgehead atoms. The topological polar surface area (TPSA) is 55.5 Å². The Hall–Kier alpha value is -1.38. The molecule has 4 saturated carbocycles. The van der Waals surface area contributed by atoms with Gasteiger partial charge in [-0.2, -0.15) is 0 Å². The summed E-state index contributed by atoms with van der Waals surface area (Å²) >= 11 is 0. The first-order chi connectivity index (χ1) is 9.62. The highest BCUT2D eigenvalue weighted by Crippen LogP contribution is 2.60. The molecule has 4 aliphatic carbocycles. The third-order valence-corrected chi connectivity index (χ3v) is 5.71. The van der Waals surface area contributed by atoms with Crippen molar-refractivity contribution in [2.45, 2.75) is 38.5 Å². The van der Waals surface area contributed by atoms with Crippen molar-refractivity contribution in [3.05, 3.63) is 18.2 Å². The SMILES string of the molecule is Nc1cc(OCC23CC4CC(CC(C4)C2)C3)ccc1O. The van der Waals surface area contributed by atoms with Crippen LogP contribution in [0.25, 0.3) is 0 Å². The second-order valence-electron chi connectivity index (χ2n) is 7.43. The number of phenolic OH excluding ortho intramolecular Hbond substituents is 1. The van der Waals surface area contributed by atoms with Crippen LogP contribution in [0.2, 0.25) is 0 Å². The summed E-state index contributed by atoms with van der Waals surface area (Å²) in [5.41, 5.74) is 6.54. The lowest BCUT2D eigenvalue weighted by Crippen LogP contribution is -2.48. The van der Waals surface area contributed by atoms with Gasteiger partial charge in [0.2, 0.25) is 0 Å². The number of benzene rings is 1. The maximum Gasteiger partial charge on any atom is 0.138 e. The lowest BCUT2D eigenvalue weighted by molar-refractivity contribution is -0.0745. The average Bonchev–Trinajstić information content (AvgIpc) is 2.39. The van der Waals surface area contributed by atoms with E-state index in [1.54, 1.807) is 12.1 Å². The maximum absolute atomic E-state index is 9.46. The number of phenols is 1. The summed E-state index contributed by atoms with van der Waals surface area (Å²) < 4.78 is 6.04. The Morgan fingerprint density at radius 1 is 1.10 bits per heavy atom. The molecule has 0 spiro atoms. The lowest BCUT2D eigenvalue weighted by atomic mass is 9.50. The van der Waals surface area contributed by atoms with E-state index in [1.807, 2.05) is 6.07 Å². The molecule has 0 aromatic heterocycles. The van der Waals surface area contributed by atoms with Gasteiger partial charge in [-0.1, -0.05) is 0 Å². The summed E-state index contributed by atoms with van der Waals surface area (Å²) in [6, 6.07) is 5.16. The number of hydrogen-bond donors (Lipinski definition) is 2. The van der Waals surface area contributed by atoms with E-state index in [1.165, 1.54) is 38.5 Å². The third-order valence-electron chi connectivity index (χ3n) is 5.71. The highest BCUT2D eigenvalue weighted by atomic mass is 16.5. The van der Waals surface area contributed by atoms with Crippen LogP contribution in [0.4, 0.5) is 5.69 Å². The lowest BCUT2D eigenvalue weighted by Gasteiger charge is -2.56. The van der Waals surface area contributed by atoms with Crippen molar-refractivity contribution in [2.75, 3.05) is 12.3 Å². The van der Waals surface area contributed by atoms with E-state index in [2.05, 4.69) is 0 Å². The number of anilines is 1. The van der Waals surface area contributed by atoms with Gasteiger partial charge in [0.25, 0.3) is 0 Å². The van der Waals surface area contributed by atoms with Gasteiger partial charge in [0.15, 0.2) is 0 Å². The van der Waals surface area contributed by atoms with Crippen LogP contribution >= 0.6 is 0 Å². The smallest absolute Gasteiger partial charge is 0.138 e. The average molecular weight is 273 g/mol. The Balaban J connectivity index is 1.47. The Morgan fingerprint density at radius 3 is 2.25 bits per heavy atom. The van der Waals surface area contributed by atoms with Crippen LogP contribution in [0.5, 0.6) is 11.5 Å². The highest BCUT2D eigenvalue weighted by Gasteiger charge is 2.51. The summed E-state index contributed by atoms with van der Waals surface area (Å²) in [5.74, 6) is 3.78. The van der Waals surface area contributed by atoms with Gasteiger partial charge < -0.3 is 15.6 Å². The van der Waals surface area contributed by atoms with Crippen LogP contribution in [-0.4, -0.2) is 11.7 Å². The number of aromatic hydroxyl groups is 1. The molecule has 0 aliphatic heterocycles. The predicted octanol–water partition coefficient (Wildman–Crippen LogP) is 3.57. The van der Waals surface area contributed by atoms with Crippen molar-refractivity contribution in [1.82, 2.24) is 0 Å². The minimum atomic E-state index is 0.132. The first kappa shape index (κ1) is 12.4. The molecule has 0 amide bonds. The monoisotopic (exact) mass is 273 g/mol. The van der Waals surface area contributed by atoms with Crippen molar-refractivity contribution in [1.29, 1.82) is 0 Å².